The molecule has 2 bridgehead atoms. The predicted octanol–water partition coefficient (Wildman–Crippen LogP) is 7.86. The van der Waals surface area contributed by atoms with Gasteiger partial charge in [0.15, 0.2) is 5.78 Å². The van der Waals surface area contributed by atoms with Crippen LogP contribution in [-0.4, -0.2) is 38.4 Å². The molecule has 8 rings (SSSR count). The van der Waals surface area contributed by atoms with Gasteiger partial charge in [0.25, 0.3) is 0 Å². The fourth-order valence-corrected chi connectivity index (χ4v) is 12.5. The summed E-state index contributed by atoms with van der Waals surface area (Å²) in [6, 6.07) is 8.74. The molecule has 0 saturated heterocycles. The van der Waals surface area contributed by atoms with E-state index in [1.165, 1.54) is 17.8 Å². The molecule has 8 heteroatoms. The molecule has 242 valence electrons. The number of aryl methyl sites for hydroxylation is 2. The summed E-state index contributed by atoms with van der Waals surface area (Å²) in [5, 5.41) is 34.3. The van der Waals surface area contributed by atoms with Gasteiger partial charge in [-0.05, 0) is 99.8 Å². The Morgan fingerprint density at radius 1 is 1.13 bits per heavy atom. The Kier molecular flexibility index (Phi) is 7.50. The van der Waals surface area contributed by atoms with Crippen LogP contribution in [0.4, 0.5) is 4.39 Å². The van der Waals surface area contributed by atoms with Crippen LogP contribution < -0.4 is 0 Å². The molecule has 2 spiro atoms. The fourth-order valence-electron chi connectivity index (χ4n) is 10.8. The summed E-state index contributed by atoms with van der Waals surface area (Å²) in [5.41, 5.74) is 0.417. The minimum Gasteiger partial charge on any atom is -0.393 e. The first-order valence-corrected chi connectivity index (χ1v) is 17.9. The number of thioether (sulfide) groups is 1. The highest BCUT2D eigenvalue weighted by molar-refractivity contribution is 7.99. The molecule has 8 atom stereocenters. The summed E-state index contributed by atoms with van der Waals surface area (Å²) < 4.78 is 15.0. The summed E-state index contributed by atoms with van der Waals surface area (Å²) in [7, 11) is 0. The SMILES string of the molecule is Cc1cc(C)c(C#N)c(SC[C@]2(O)CC[C@H]3[C@]45C=C[C@@]6(C=C4C(=O)Cc4c(F)cccc4Cl)CC(O)CC[C@]6(C)[C@H]5CC[C@@]32C)n1. The number of halogens is 2. The molecule has 2 aromatic rings. The number of carbonyl (C=O) groups is 1. The minimum atomic E-state index is -1.04. The van der Waals surface area contributed by atoms with Crippen LogP contribution in [-0.2, 0) is 11.2 Å². The van der Waals surface area contributed by atoms with Crippen molar-refractivity contribution in [3.63, 3.8) is 0 Å². The number of benzene rings is 1. The number of fused-ring (bicyclic) bond motifs is 1. The van der Waals surface area contributed by atoms with Gasteiger partial charge in [0.2, 0.25) is 0 Å². The number of nitriles is 1. The Labute approximate surface area is 280 Å². The molecule has 0 radical (unpaired) electrons. The zero-order valence-electron chi connectivity index (χ0n) is 27.0. The standard InChI is InChI=1S/C38H42ClFN2O3S/c1-22-16-23(2)42-33(26(22)20-41)46-21-37(45)13-10-32-35(37,4)12-9-31-34(3)11-8-24(43)18-36(34)14-15-38(31,32)27(19-36)30(44)17-25-28(39)6-5-7-29(25)40/h5-7,14-16,19,24,31-32,43,45H,8-13,17-18,21H2,1-4H3/t24?,31-,32-,34-,35+,36+,37-,38-/m1/s1. The van der Waals surface area contributed by atoms with Crippen LogP contribution in [0.1, 0.15) is 81.2 Å². The highest BCUT2D eigenvalue weighted by Crippen LogP contribution is 2.78. The molecule has 1 unspecified atom stereocenters. The van der Waals surface area contributed by atoms with Crippen molar-refractivity contribution >= 4 is 29.1 Å². The maximum Gasteiger partial charge on any atom is 0.164 e. The second-order valence-corrected chi connectivity index (χ2v) is 16.6. The smallest absolute Gasteiger partial charge is 0.164 e. The van der Waals surface area contributed by atoms with Crippen LogP contribution in [0, 0.1) is 64.5 Å². The normalized spacial score (nSPS) is 38.8. The second kappa shape index (κ2) is 10.8. The highest BCUT2D eigenvalue weighted by Gasteiger charge is 2.74. The van der Waals surface area contributed by atoms with E-state index in [0.717, 1.165) is 43.4 Å². The fraction of sp³-hybridized carbons (Fsp3) is 0.553. The van der Waals surface area contributed by atoms with E-state index in [2.05, 4.69) is 43.1 Å². The Morgan fingerprint density at radius 3 is 2.59 bits per heavy atom. The summed E-state index contributed by atoms with van der Waals surface area (Å²) in [5.74, 6) is -0.0794. The van der Waals surface area contributed by atoms with Crippen LogP contribution in [0.5, 0.6) is 0 Å². The van der Waals surface area contributed by atoms with Crippen LogP contribution in [0.15, 0.2) is 53.1 Å². The molecule has 1 aromatic carbocycles. The van der Waals surface area contributed by atoms with Crippen LogP contribution in [0.25, 0.3) is 0 Å². The zero-order chi connectivity index (χ0) is 32.9. The van der Waals surface area contributed by atoms with E-state index in [1.54, 1.807) is 12.1 Å². The lowest BCUT2D eigenvalue weighted by Crippen LogP contribution is -2.67. The number of Topliss-reactive ketones (excluding diaryl/α,β-unsaturated/α-hetero) is 1. The molecule has 1 aromatic heterocycles. The lowest BCUT2D eigenvalue weighted by Gasteiger charge is -2.71. The highest BCUT2D eigenvalue weighted by atomic mass is 35.5. The van der Waals surface area contributed by atoms with E-state index in [4.69, 9.17) is 11.6 Å². The lowest BCUT2D eigenvalue weighted by atomic mass is 9.32. The Balaban J connectivity index is 1.31. The van der Waals surface area contributed by atoms with Gasteiger partial charge < -0.3 is 10.2 Å². The number of allylic oxidation sites excluding steroid dienone is 4. The van der Waals surface area contributed by atoms with E-state index in [-0.39, 0.29) is 40.0 Å². The van der Waals surface area contributed by atoms with Gasteiger partial charge >= 0.3 is 0 Å². The van der Waals surface area contributed by atoms with Crippen molar-refractivity contribution in [2.24, 2.45) is 33.5 Å². The number of nitrogens with zero attached hydrogens (tertiary/aromatic N) is 2. The molecule has 2 N–H and O–H groups in total. The molecule has 5 nitrogen and oxygen atoms in total. The minimum absolute atomic E-state index is 0.0171. The molecule has 6 aliphatic rings. The molecular formula is C38H42ClFN2O3S. The van der Waals surface area contributed by atoms with Crippen molar-refractivity contribution in [1.29, 1.82) is 5.26 Å². The van der Waals surface area contributed by atoms with Gasteiger partial charge in [-0.1, -0.05) is 49.7 Å². The number of pyridine rings is 1. The van der Waals surface area contributed by atoms with Gasteiger partial charge in [0, 0.05) is 50.3 Å². The van der Waals surface area contributed by atoms with Crippen LogP contribution in [0.3, 0.4) is 0 Å². The summed E-state index contributed by atoms with van der Waals surface area (Å²) in [6.45, 7) is 8.39. The van der Waals surface area contributed by atoms with Crippen LogP contribution >= 0.6 is 23.4 Å². The Morgan fingerprint density at radius 2 is 1.85 bits per heavy atom. The number of hydrogen-bond donors (Lipinski definition) is 2. The molecule has 0 amide bonds. The molecule has 6 aliphatic carbocycles. The first-order chi connectivity index (χ1) is 21.7. The molecule has 3 saturated carbocycles. The van der Waals surface area contributed by atoms with Crippen molar-refractivity contribution < 1.29 is 19.4 Å². The van der Waals surface area contributed by atoms with Crippen molar-refractivity contribution in [3.05, 3.63) is 81.3 Å². The first kappa shape index (κ1) is 32.1. The Bertz CT molecular complexity index is 1730. The molecule has 3 fully saturated rings. The molecule has 0 aliphatic heterocycles. The van der Waals surface area contributed by atoms with Crippen molar-refractivity contribution in [3.8, 4) is 6.07 Å². The van der Waals surface area contributed by atoms with E-state index < -0.39 is 33.8 Å². The van der Waals surface area contributed by atoms with E-state index in [9.17, 15) is 20.3 Å². The molecule has 1 heterocycles. The second-order valence-electron chi connectivity index (χ2n) is 15.3. The van der Waals surface area contributed by atoms with E-state index >= 15 is 4.39 Å². The van der Waals surface area contributed by atoms with Gasteiger partial charge in [-0.15, -0.1) is 11.8 Å². The van der Waals surface area contributed by atoms with Gasteiger partial charge in [-0.2, -0.15) is 5.26 Å². The van der Waals surface area contributed by atoms with Crippen LogP contribution in [0.2, 0.25) is 5.02 Å². The van der Waals surface area contributed by atoms with Gasteiger partial charge in [0.05, 0.1) is 17.3 Å². The topological polar surface area (TPSA) is 94.2 Å². The predicted molar refractivity (Wildman–Crippen MR) is 178 cm³/mol. The largest absolute Gasteiger partial charge is 0.393 e. The monoisotopic (exact) mass is 660 g/mol. The third-order valence-corrected chi connectivity index (χ3v) is 14.8. The van der Waals surface area contributed by atoms with Crippen molar-refractivity contribution in [1.82, 2.24) is 4.98 Å². The number of rotatable bonds is 6. The molecular weight excluding hydrogens is 619 g/mol. The summed E-state index contributed by atoms with van der Waals surface area (Å²) in [6.07, 6.45) is 11.3. The average Bonchev–Trinajstić information content (AvgIpc) is 3.28. The van der Waals surface area contributed by atoms with Gasteiger partial charge in [0.1, 0.15) is 16.9 Å². The van der Waals surface area contributed by atoms with E-state index in [1.807, 2.05) is 19.9 Å². The average molecular weight is 661 g/mol. The zero-order valence-corrected chi connectivity index (χ0v) is 28.6. The Hall–Kier alpha value is -2.50. The number of aliphatic hydroxyl groups is 2. The number of aliphatic hydroxyl groups excluding tert-OH is 1. The third kappa shape index (κ3) is 4.25. The third-order valence-electron chi connectivity index (χ3n) is 13.3. The number of carbonyl (C=O) groups excluding carboxylic acids is 1. The summed E-state index contributed by atoms with van der Waals surface area (Å²) >= 11 is 7.89. The number of aromatic nitrogens is 1. The van der Waals surface area contributed by atoms with E-state index in [0.29, 0.717) is 34.8 Å². The van der Waals surface area contributed by atoms with Gasteiger partial charge in [-0.3, -0.25) is 4.79 Å². The summed E-state index contributed by atoms with van der Waals surface area (Å²) in [4.78, 5) is 19.2. The lowest BCUT2D eigenvalue weighted by molar-refractivity contribution is -0.170. The molecule has 46 heavy (non-hydrogen) atoms. The van der Waals surface area contributed by atoms with Crippen molar-refractivity contribution in [2.75, 3.05) is 5.75 Å². The van der Waals surface area contributed by atoms with Crippen molar-refractivity contribution in [2.45, 2.75) is 95.8 Å². The first-order valence-electron chi connectivity index (χ1n) is 16.5. The number of ketones is 1. The maximum absolute atomic E-state index is 15.0. The van der Waals surface area contributed by atoms with Gasteiger partial charge in [-0.25, -0.2) is 9.37 Å². The maximum atomic E-state index is 15.0. The number of hydrogen-bond acceptors (Lipinski definition) is 6. The quantitative estimate of drug-likeness (QED) is 0.242.